The van der Waals surface area contributed by atoms with Gasteiger partial charge >= 0.3 is 6.18 Å². The van der Waals surface area contributed by atoms with Gasteiger partial charge in [-0.1, -0.05) is 18.2 Å². The van der Waals surface area contributed by atoms with E-state index in [9.17, 15) is 18.0 Å². The van der Waals surface area contributed by atoms with Gasteiger partial charge in [0.1, 0.15) is 18.0 Å². The van der Waals surface area contributed by atoms with Crippen molar-refractivity contribution in [3.63, 3.8) is 0 Å². The number of halogens is 3. The number of carbonyl (C=O) groups excluding carboxylic acids is 1. The summed E-state index contributed by atoms with van der Waals surface area (Å²) in [5, 5.41) is 8.53. The maximum atomic E-state index is 12.8. The van der Waals surface area contributed by atoms with E-state index in [-0.39, 0.29) is 12.1 Å². The lowest BCUT2D eigenvalue weighted by atomic mass is 10.1. The summed E-state index contributed by atoms with van der Waals surface area (Å²) in [6.07, 6.45) is -2.99. The third-order valence-corrected chi connectivity index (χ3v) is 3.99. The minimum atomic E-state index is -4.46. The molecular weight excluding hydrogens is 383 g/mol. The zero-order chi connectivity index (χ0) is 20.9. The molecule has 1 heterocycles. The van der Waals surface area contributed by atoms with Crippen molar-refractivity contribution in [2.75, 3.05) is 23.0 Å². The molecule has 1 amide bonds. The van der Waals surface area contributed by atoms with Gasteiger partial charge in [0.2, 0.25) is 5.91 Å². The highest BCUT2D eigenvalue weighted by Crippen LogP contribution is 2.30. The molecule has 1 aromatic heterocycles. The number of benzene rings is 2. The number of anilines is 4. The number of hydrogen-bond donors (Lipinski definition) is 3. The van der Waals surface area contributed by atoms with Gasteiger partial charge in [0.15, 0.2) is 0 Å². The molecular formula is C20H18F3N5O. The van der Waals surface area contributed by atoms with E-state index in [1.54, 1.807) is 37.4 Å². The van der Waals surface area contributed by atoms with E-state index in [1.165, 1.54) is 18.5 Å². The normalized spacial score (nSPS) is 11.0. The number of amides is 1. The Morgan fingerprint density at radius 2 is 1.69 bits per heavy atom. The molecule has 0 aliphatic carbocycles. The van der Waals surface area contributed by atoms with E-state index in [1.807, 2.05) is 0 Å². The lowest BCUT2D eigenvalue weighted by Gasteiger charge is -2.10. The fourth-order valence-electron chi connectivity index (χ4n) is 2.58. The molecule has 150 valence electrons. The predicted molar refractivity (Wildman–Crippen MR) is 105 cm³/mol. The molecule has 3 rings (SSSR count). The summed E-state index contributed by atoms with van der Waals surface area (Å²) < 4.78 is 38.3. The van der Waals surface area contributed by atoms with Crippen LogP contribution in [0.3, 0.4) is 0 Å². The number of alkyl halides is 3. The maximum absolute atomic E-state index is 12.8. The highest BCUT2D eigenvalue weighted by molar-refractivity contribution is 5.92. The number of hydrogen-bond acceptors (Lipinski definition) is 5. The third-order valence-electron chi connectivity index (χ3n) is 3.99. The summed E-state index contributed by atoms with van der Waals surface area (Å²) in [4.78, 5) is 20.3. The summed E-state index contributed by atoms with van der Waals surface area (Å²) in [6.45, 7) is 0. The number of rotatable bonds is 6. The van der Waals surface area contributed by atoms with Gasteiger partial charge in [-0.3, -0.25) is 4.79 Å². The summed E-state index contributed by atoms with van der Waals surface area (Å²) >= 11 is 0. The maximum Gasteiger partial charge on any atom is 0.416 e. The molecule has 0 spiro atoms. The summed E-state index contributed by atoms with van der Waals surface area (Å²) in [6, 6.07) is 13.4. The fraction of sp³-hybridized carbons (Fsp3) is 0.150. The van der Waals surface area contributed by atoms with Crippen LogP contribution in [-0.4, -0.2) is 22.9 Å². The Balaban J connectivity index is 1.60. The molecule has 0 aliphatic rings. The summed E-state index contributed by atoms with van der Waals surface area (Å²) in [5.74, 6) is 0.879. The van der Waals surface area contributed by atoms with E-state index in [2.05, 4.69) is 25.9 Å². The Hall–Kier alpha value is -3.62. The molecule has 0 aliphatic heterocycles. The average Bonchev–Trinajstić information content (AvgIpc) is 2.69. The summed E-state index contributed by atoms with van der Waals surface area (Å²) in [7, 11) is 1.76. The van der Waals surface area contributed by atoms with Crippen molar-refractivity contribution in [1.29, 1.82) is 0 Å². The topological polar surface area (TPSA) is 78.9 Å². The molecule has 0 atom stereocenters. The van der Waals surface area contributed by atoms with Crippen LogP contribution in [0.4, 0.5) is 36.2 Å². The van der Waals surface area contributed by atoms with Gasteiger partial charge in [0, 0.05) is 24.5 Å². The first-order chi connectivity index (χ1) is 13.8. The highest BCUT2D eigenvalue weighted by Gasteiger charge is 2.30. The van der Waals surface area contributed by atoms with E-state index in [0.29, 0.717) is 11.6 Å². The Kier molecular flexibility index (Phi) is 5.96. The van der Waals surface area contributed by atoms with Crippen LogP contribution < -0.4 is 16.0 Å². The number of nitrogens with one attached hydrogen (secondary N) is 3. The third kappa shape index (κ3) is 5.68. The fourth-order valence-corrected chi connectivity index (χ4v) is 2.58. The molecule has 29 heavy (non-hydrogen) atoms. The van der Waals surface area contributed by atoms with Crippen molar-refractivity contribution < 1.29 is 18.0 Å². The van der Waals surface area contributed by atoms with Crippen molar-refractivity contribution in [1.82, 2.24) is 9.97 Å². The van der Waals surface area contributed by atoms with Crippen LogP contribution in [0.5, 0.6) is 0 Å². The van der Waals surface area contributed by atoms with Gasteiger partial charge in [-0.05, 0) is 35.9 Å². The lowest BCUT2D eigenvalue weighted by molar-refractivity contribution is -0.137. The smallest absolute Gasteiger partial charge is 0.373 e. The van der Waals surface area contributed by atoms with Crippen molar-refractivity contribution in [3.05, 3.63) is 72.1 Å². The Bertz CT molecular complexity index is 990. The second kappa shape index (κ2) is 8.59. The van der Waals surface area contributed by atoms with Gasteiger partial charge < -0.3 is 16.0 Å². The van der Waals surface area contributed by atoms with E-state index >= 15 is 0 Å². The first kappa shape index (κ1) is 20.1. The molecule has 0 saturated heterocycles. The van der Waals surface area contributed by atoms with Gasteiger partial charge in [-0.2, -0.15) is 13.2 Å². The molecule has 6 nitrogen and oxygen atoms in total. The van der Waals surface area contributed by atoms with Gasteiger partial charge in [0.05, 0.1) is 12.0 Å². The molecule has 0 saturated carbocycles. The quantitative estimate of drug-likeness (QED) is 0.568. The van der Waals surface area contributed by atoms with Crippen molar-refractivity contribution in [2.24, 2.45) is 0 Å². The lowest BCUT2D eigenvalue weighted by Crippen LogP contribution is -2.15. The minimum Gasteiger partial charge on any atom is -0.373 e. The van der Waals surface area contributed by atoms with Crippen LogP contribution in [0.2, 0.25) is 0 Å². The molecule has 2 aromatic carbocycles. The van der Waals surface area contributed by atoms with Crippen LogP contribution in [0, 0.1) is 0 Å². The van der Waals surface area contributed by atoms with Gasteiger partial charge in [-0.15, -0.1) is 0 Å². The van der Waals surface area contributed by atoms with Crippen LogP contribution >= 0.6 is 0 Å². The van der Waals surface area contributed by atoms with Gasteiger partial charge in [0.25, 0.3) is 0 Å². The zero-order valence-electron chi connectivity index (χ0n) is 15.4. The first-order valence-electron chi connectivity index (χ1n) is 8.66. The van der Waals surface area contributed by atoms with Crippen LogP contribution in [-0.2, 0) is 17.4 Å². The molecule has 3 N–H and O–H groups in total. The second-order valence-electron chi connectivity index (χ2n) is 6.16. The van der Waals surface area contributed by atoms with E-state index in [4.69, 9.17) is 0 Å². The number of aromatic nitrogens is 2. The Morgan fingerprint density at radius 3 is 2.38 bits per heavy atom. The monoisotopic (exact) mass is 401 g/mol. The molecule has 9 heteroatoms. The van der Waals surface area contributed by atoms with Gasteiger partial charge in [-0.25, -0.2) is 9.97 Å². The predicted octanol–water partition coefficient (Wildman–Crippen LogP) is 4.46. The van der Waals surface area contributed by atoms with Crippen LogP contribution in [0.25, 0.3) is 0 Å². The number of carbonyl (C=O) groups is 1. The Morgan fingerprint density at radius 1 is 0.966 bits per heavy atom. The minimum absolute atomic E-state index is 0.0357. The summed E-state index contributed by atoms with van der Waals surface area (Å²) in [5.41, 5.74) is 0.788. The molecule has 0 radical (unpaired) electrons. The first-order valence-corrected chi connectivity index (χ1v) is 8.66. The van der Waals surface area contributed by atoms with Crippen molar-refractivity contribution in [3.8, 4) is 0 Å². The largest absolute Gasteiger partial charge is 0.416 e. The highest BCUT2D eigenvalue weighted by atomic mass is 19.4. The zero-order valence-corrected chi connectivity index (χ0v) is 15.4. The van der Waals surface area contributed by atoms with Crippen molar-refractivity contribution in [2.45, 2.75) is 12.6 Å². The van der Waals surface area contributed by atoms with E-state index < -0.39 is 17.6 Å². The average molecular weight is 401 g/mol. The van der Waals surface area contributed by atoms with Crippen LogP contribution in [0.15, 0.2) is 60.9 Å². The molecule has 3 aromatic rings. The van der Waals surface area contributed by atoms with Crippen LogP contribution in [0.1, 0.15) is 11.1 Å². The number of nitrogens with zero attached hydrogens (tertiary/aromatic N) is 2. The van der Waals surface area contributed by atoms with E-state index in [0.717, 1.165) is 23.4 Å². The van der Waals surface area contributed by atoms with Crippen molar-refractivity contribution >= 4 is 28.9 Å². The molecule has 0 bridgehead atoms. The Labute approximate surface area is 165 Å². The molecule has 0 unspecified atom stereocenters. The SMILES string of the molecule is CNc1cc(Nc2ccc(CC(=O)Nc3cccc(C(F)(F)F)c3)cc2)ncn1. The second-order valence-corrected chi connectivity index (χ2v) is 6.16. The standard InChI is InChI=1S/C20H18F3N5O/c1-24-17-11-18(26-12-25-17)27-15-7-5-13(6-8-15)9-19(29)28-16-4-2-3-14(10-16)20(21,22)23/h2-8,10-12H,9H2,1H3,(H,28,29)(H2,24,25,26,27). The molecule has 0 fully saturated rings.